The maximum atomic E-state index is 13.9. The predicted molar refractivity (Wildman–Crippen MR) is 265 cm³/mol. The summed E-state index contributed by atoms with van der Waals surface area (Å²) >= 11 is 7.17. The Kier molecular flexibility index (Phi) is 18.0. The van der Waals surface area contributed by atoms with Gasteiger partial charge >= 0.3 is 6.18 Å². The number of carbonyl (C=O) groups is 4. The van der Waals surface area contributed by atoms with Crippen LogP contribution < -0.4 is 20.3 Å². The van der Waals surface area contributed by atoms with Crippen LogP contribution in [0.3, 0.4) is 0 Å². The van der Waals surface area contributed by atoms with E-state index in [-0.39, 0.29) is 56.0 Å². The second kappa shape index (κ2) is 23.5. The van der Waals surface area contributed by atoms with Crippen LogP contribution in [0.5, 0.6) is 5.75 Å². The van der Waals surface area contributed by atoms with Gasteiger partial charge in [-0.05, 0) is 105 Å². The number of aliphatic hydroxyl groups is 1. The highest BCUT2D eigenvalue weighted by Crippen LogP contribution is 2.39. The van der Waals surface area contributed by atoms with Crippen molar-refractivity contribution < 1.29 is 51.7 Å². The van der Waals surface area contributed by atoms with Crippen LogP contribution in [0.15, 0.2) is 72.2 Å². The van der Waals surface area contributed by atoms with Gasteiger partial charge in [-0.3, -0.25) is 24.1 Å². The van der Waals surface area contributed by atoms with Crippen molar-refractivity contribution in [1.82, 2.24) is 25.4 Å². The summed E-state index contributed by atoms with van der Waals surface area (Å²) in [6.45, 7) is 12.5. The molecule has 3 atom stereocenters. The lowest BCUT2D eigenvalue weighted by molar-refractivity contribution is -0.144. The fourth-order valence-corrected chi connectivity index (χ4v) is 9.51. The number of unbranched alkanes of at least 4 members (excludes halogenated alkanes) is 1. The zero-order valence-corrected chi connectivity index (χ0v) is 42.3. The Morgan fingerprint density at radius 3 is 2.28 bits per heavy atom. The second-order valence-corrected chi connectivity index (χ2v) is 20.3. The van der Waals surface area contributed by atoms with Gasteiger partial charge < -0.3 is 39.8 Å². The fraction of sp³-hybridized carbons (Fsp3) is 0.471. The molecular formula is C51H60F3N7O8S2. The molecular weight excluding hydrogens is 960 g/mol. The summed E-state index contributed by atoms with van der Waals surface area (Å²) in [6, 6.07) is 17.8. The Bertz CT molecular complexity index is 2580. The molecule has 2 fully saturated rings. The number of thiazole rings is 1. The molecule has 3 N–H and O–H groups in total. The molecule has 0 saturated carbocycles. The molecule has 0 spiro atoms. The molecule has 0 aliphatic carbocycles. The molecule has 2 saturated heterocycles. The first-order valence-electron chi connectivity index (χ1n) is 23.3. The number of halogens is 3. The van der Waals surface area contributed by atoms with E-state index in [9.17, 15) is 42.7 Å². The third-order valence-corrected chi connectivity index (χ3v) is 13.6. The molecule has 380 valence electrons. The highest BCUT2D eigenvalue weighted by molar-refractivity contribution is 7.80. The van der Waals surface area contributed by atoms with E-state index in [0.717, 1.165) is 57.1 Å². The van der Waals surface area contributed by atoms with Gasteiger partial charge in [0.05, 0.1) is 51.7 Å². The average Bonchev–Trinajstić information content (AvgIpc) is 3.99. The van der Waals surface area contributed by atoms with Crippen LogP contribution in [0, 0.1) is 23.7 Å². The molecule has 0 bridgehead atoms. The quantitative estimate of drug-likeness (QED) is 0.0559. The first kappa shape index (κ1) is 54.4. The van der Waals surface area contributed by atoms with Crippen LogP contribution in [-0.4, -0.2) is 112 Å². The molecule has 3 aromatic carbocycles. The van der Waals surface area contributed by atoms with Crippen molar-refractivity contribution in [3.63, 3.8) is 0 Å². The number of aliphatic hydroxyl groups excluding tert-OH is 1. The van der Waals surface area contributed by atoms with Gasteiger partial charge in [-0.15, -0.1) is 11.3 Å². The summed E-state index contributed by atoms with van der Waals surface area (Å²) in [5.41, 5.74) is 1.84. The number of thiocarbonyl (C=S) groups is 1. The Balaban J connectivity index is 0.853. The van der Waals surface area contributed by atoms with Gasteiger partial charge in [0.15, 0.2) is 5.11 Å². The minimum atomic E-state index is -4.79. The van der Waals surface area contributed by atoms with E-state index in [0.29, 0.717) is 32.0 Å². The van der Waals surface area contributed by atoms with Crippen molar-refractivity contribution in [1.29, 1.82) is 5.26 Å². The zero-order chi connectivity index (χ0) is 51.7. The van der Waals surface area contributed by atoms with Gasteiger partial charge in [-0.1, -0.05) is 57.2 Å². The minimum absolute atomic E-state index is 0.0314. The van der Waals surface area contributed by atoms with Crippen LogP contribution in [0.1, 0.15) is 88.2 Å². The number of carbonyl (C=O) groups excluding carboxylic acids is 4. The van der Waals surface area contributed by atoms with Crippen LogP contribution in [0.2, 0.25) is 0 Å². The van der Waals surface area contributed by atoms with Crippen molar-refractivity contribution in [3.8, 4) is 22.3 Å². The number of benzene rings is 3. The van der Waals surface area contributed by atoms with Crippen LogP contribution in [-0.2, 0) is 47.9 Å². The number of β-amino-alcohol motifs (C(OH)–C–C–N with tert-alkyl or cyclic N) is 1. The van der Waals surface area contributed by atoms with Crippen molar-refractivity contribution in [2.45, 2.75) is 110 Å². The average molecular weight is 1020 g/mol. The Morgan fingerprint density at radius 1 is 0.972 bits per heavy atom. The number of nitrogens with one attached hydrogen (secondary N) is 2. The summed E-state index contributed by atoms with van der Waals surface area (Å²) in [5, 5.41) is 25.5. The first-order valence-corrected chi connectivity index (χ1v) is 24.6. The lowest BCUT2D eigenvalue weighted by Gasteiger charge is -2.35. The summed E-state index contributed by atoms with van der Waals surface area (Å²) < 4.78 is 58.3. The predicted octanol–water partition coefficient (Wildman–Crippen LogP) is 7.31. The summed E-state index contributed by atoms with van der Waals surface area (Å²) in [5.74, 6) is -1.19. The number of rotatable bonds is 21. The monoisotopic (exact) mass is 1020 g/mol. The Hall–Kier alpha value is -5.98. The van der Waals surface area contributed by atoms with Crippen molar-refractivity contribution in [2.24, 2.45) is 5.41 Å². The largest absolute Gasteiger partial charge is 0.494 e. The maximum absolute atomic E-state index is 13.9. The Morgan fingerprint density at radius 2 is 1.63 bits per heavy atom. The zero-order valence-electron chi connectivity index (χ0n) is 40.6. The molecule has 2 aliphatic rings. The van der Waals surface area contributed by atoms with Gasteiger partial charge in [0.25, 0.3) is 5.91 Å². The third-order valence-electron chi connectivity index (χ3n) is 12.2. The number of ether oxygens (including phenoxy) is 3. The van der Waals surface area contributed by atoms with Crippen molar-refractivity contribution >= 4 is 58.0 Å². The van der Waals surface area contributed by atoms with E-state index < -0.39 is 64.2 Å². The number of aromatic nitrogens is 1. The molecule has 4 aromatic rings. The van der Waals surface area contributed by atoms with Gasteiger partial charge in [-0.25, -0.2) is 4.98 Å². The molecule has 4 amide bonds. The smallest absolute Gasteiger partial charge is 0.417 e. The van der Waals surface area contributed by atoms with Crippen LogP contribution in [0.4, 0.5) is 18.9 Å². The molecule has 71 heavy (non-hydrogen) atoms. The summed E-state index contributed by atoms with van der Waals surface area (Å²) in [4.78, 5) is 63.3. The molecule has 2 aliphatic heterocycles. The number of anilines is 1. The standard InChI is InChI=1S/C51H60F3N7O8S2/c1-32-43(71-31-57-32)35-14-10-33(11-15-35)27-56-45(64)41-25-38(62)29-59(41)46(65)44(49(2,3)4)58-42(63)30-68-22-9-21-67-20-7-8-23-69-39-18-12-34(13-19-39)28-60-48(70)61(47(66)50(60,5)6)37-17-16-36(26-55)40(24-37)51(52,53)54/h10-19,24,31,38,41,44,62H,7-9,20-23,25,27-30H2,1-6H3,(H,56,64)(H,58,63)/t38-,41+,44-/m1/s1. The third kappa shape index (κ3) is 13.7. The van der Waals surface area contributed by atoms with E-state index in [4.69, 9.17) is 26.4 Å². The SMILES string of the molecule is Cc1ncsc1-c1ccc(CNC(=O)[C@@H]2C[C@@H](O)CN2C(=O)[C@@H](NC(=O)COCCCOCCCCOc2ccc(CN3C(=S)N(c4ccc(C#N)c(C(F)(F)F)c4)C(=O)C3(C)C)cc2)C(C)(C)C)cc1. The van der Waals surface area contributed by atoms with Crippen molar-refractivity contribution in [2.75, 3.05) is 44.5 Å². The van der Waals surface area contributed by atoms with Crippen molar-refractivity contribution in [3.05, 3.63) is 100 Å². The number of alkyl halides is 3. The Labute approximate surface area is 421 Å². The van der Waals surface area contributed by atoms with Crippen LogP contribution in [0.25, 0.3) is 10.4 Å². The highest BCUT2D eigenvalue weighted by atomic mass is 32.1. The van der Waals surface area contributed by atoms with E-state index in [1.807, 2.05) is 64.1 Å². The van der Waals surface area contributed by atoms with Gasteiger partial charge in [0, 0.05) is 45.9 Å². The van der Waals surface area contributed by atoms with Gasteiger partial charge in [-0.2, -0.15) is 18.4 Å². The molecule has 0 radical (unpaired) electrons. The van der Waals surface area contributed by atoms with Crippen LogP contribution >= 0.6 is 23.6 Å². The number of hydrogen-bond acceptors (Lipinski definition) is 12. The molecule has 0 unspecified atom stereocenters. The number of aryl methyl sites for hydroxylation is 1. The molecule has 20 heteroatoms. The maximum Gasteiger partial charge on any atom is 0.417 e. The number of nitriles is 1. The summed E-state index contributed by atoms with van der Waals surface area (Å²) in [7, 11) is 0. The van der Waals surface area contributed by atoms with E-state index >= 15 is 0 Å². The van der Waals surface area contributed by atoms with Gasteiger partial charge in [0.2, 0.25) is 17.7 Å². The highest BCUT2D eigenvalue weighted by Gasteiger charge is 2.50. The first-order chi connectivity index (χ1) is 33.6. The number of hydrogen-bond donors (Lipinski definition) is 3. The summed E-state index contributed by atoms with van der Waals surface area (Å²) in [6.07, 6.45) is -3.60. The molecule has 3 heterocycles. The molecule has 1 aromatic heterocycles. The fourth-order valence-electron chi connectivity index (χ4n) is 8.21. The normalized spacial score (nSPS) is 17.3. The van der Waals surface area contributed by atoms with E-state index in [1.54, 1.807) is 53.8 Å². The number of nitrogens with zero attached hydrogens (tertiary/aromatic N) is 5. The van der Waals surface area contributed by atoms with E-state index in [2.05, 4.69) is 15.6 Å². The lowest BCUT2D eigenvalue weighted by atomic mass is 9.85. The second-order valence-electron chi connectivity index (χ2n) is 19.1. The lowest BCUT2D eigenvalue weighted by Crippen LogP contribution is -2.58. The minimum Gasteiger partial charge on any atom is -0.494 e. The molecule has 6 rings (SSSR count). The number of likely N-dealkylation sites (tertiary alicyclic amines) is 1. The van der Waals surface area contributed by atoms with E-state index in [1.165, 1.54) is 11.0 Å². The molecule has 15 nitrogen and oxygen atoms in total. The van der Waals surface area contributed by atoms with Gasteiger partial charge in [0.1, 0.15) is 30.0 Å². The number of amides is 4. The topological polar surface area (TPSA) is 187 Å².